The van der Waals surface area contributed by atoms with Crippen LogP contribution in [0.5, 0.6) is 0 Å². The molecule has 23 heavy (non-hydrogen) atoms. The van der Waals surface area contributed by atoms with Crippen LogP contribution in [0.25, 0.3) is 0 Å². The molecule has 0 unspecified atom stereocenters. The highest BCUT2D eigenvalue weighted by Gasteiger charge is 2.27. The first-order valence-electron chi connectivity index (χ1n) is 8.06. The number of nitrogens with one attached hydrogen (secondary N) is 1. The molecule has 0 saturated carbocycles. The molecule has 7 heteroatoms. The highest BCUT2D eigenvalue weighted by molar-refractivity contribution is 6.30. The summed E-state index contributed by atoms with van der Waals surface area (Å²) in [6, 6.07) is 0.304. The standard InChI is InChI=1S/C16H27ClN4O2/c1-11-13(14(17)20(5)19-11)10-21-8-6-7-12(21)9-18-15(22)23-16(2,3)4/h12H,6-10H2,1-5H3,(H,18,22)/t12-/m1/s1. The van der Waals surface area contributed by atoms with E-state index < -0.39 is 5.60 Å². The topological polar surface area (TPSA) is 59.4 Å². The van der Waals surface area contributed by atoms with Gasteiger partial charge in [-0.15, -0.1) is 0 Å². The fourth-order valence-electron chi connectivity index (χ4n) is 2.91. The summed E-state index contributed by atoms with van der Waals surface area (Å²) in [6.45, 7) is 9.92. The average Bonchev–Trinajstić information content (AvgIpc) is 2.95. The number of carbonyl (C=O) groups excluding carboxylic acids is 1. The Balaban J connectivity index is 1.92. The molecular weight excluding hydrogens is 316 g/mol. The number of likely N-dealkylation sites (tertiary alicyclic amines) is 1. The highest BCUT2D eigenvalue weighted by atomic mass is 35.5. The Morgan fingerprint density at radius 2 is 2.17 bits per heavy atom. The molecule has 1 aromatic rings. The van der Waals surface area contributed by atoms with Crippen LogP contribution in [0.1, 0.15) is 44.9 Å². The van der Waals surface area contributed by atoms with Gasteiger partial charge in [0.2, 0.25) is 0 Å². The Morgan fingerprint density at radius 3 is 2.74 bits per heavy atom. The minimum atomic E-state index is -0.472. The number of carbonyl (C=O) groups is 1. The minimum Gasteiger partial charge on any atom is -0.444 e. The van der Waals surface area contributed by atoms with E-state index in [1.807, 2.05) is 34.7 Å². The van der Waals surface area contributed by atoms with Gasteiger partial charge in [0.05, 0.1) is 5.69 Å². The van der Waals surface area contributed by atoms with Gasteiger partial charge in [0, 0.05) is 31.7 Å². The van der Waals surface area contributed by atoms with Crippen molar-refractivity contribution in [3.05, 3.63) is 16.4 Å². The molecule has 1 aromatic heterocycles. The first-order chi connectivity index (χ1) is 10.7. The number of rotatable bonds is 4. The van der Waals surface area contributed by atoms with Gasteiger partial charge in [-0.1, -0.05) is 11.6 Å². The quantitative estimate of drug-likeness (QED) is 0.914. The van der Waals surface area contributed by atoms with Crippen molar-refractivity contribution in [3.63, 3.8) is 0 Å². The van der Waals surface area contributed by atoms with Crippen LogP contribution in [0.4, 0.5) is 4.79 Å². The molecule has 1 aliphatic heterocycles. The molecule has 1 fully saturated rings. The highest BCUT2D eigenvalue weighted by Crippen LogP contribution is 2.25. The summed E-state index contributed by atoms with van der Waals surface area (Å²) in [7, 11) is 1.85. The van der Waals surface area contributed by atoms with E-state index in [4.69, 9.17) is 16.3 Å². The Labute approximate surface area is 143 Å². The molecule has 130 valence electrons. The molecule has 1 N–H and O–H groups in total. The lowest BCUT2D eigenvalue weighted by molar-refractivity contribution is 0.0512. The van der Waals surface area contributed by atoms with Crippen LogP contribution in [0.2, 0.25) is 5.15 Å². The zero-order chi connectivity index (χ0) is 17.2. The lowest BCUT2D eigenvalue weighted by atomic mass is 10.2. The second-order valence-electron chi connectivity index (χ2n) is 7.13. The summed E-state index contributed by atoms with van der Waals surface area (Å²) in [5.41, 5.74) is 1.56. The summed E-state index contributed by atoms with van der Waals surface area (Å²) >= 11 is 6.32. The molecule has 1 amide bonds. The second-order valence-corrected chi connectivity index (χ2v) is 7.49. The van der Waals surface area contributed by atoms with Gasteiger partial charge in [-0.05, 0) is 47.1 Å². The second kappa shape index (κ2) is 7.09. The SMILES string of the molecule is Cc1nn(C)c(Cl)c1CN1CCC[C@@H]1CNC(=O)OC(C)(C)C. The van der Waals surface area contributed by atoms with Crippen molar-refractivity contribution in [3.8, 4) is 0 Å². The first-order valence-corrected chi connectivity index (χ1v) is 8.44. The van der Waals surface area contributed by atoms with E-state index in [1.165, 1.54) is 0 Å². The van der Waals surface area contributed by atoms with Crippen LogP contribution in [0, 0.1) is 6.92 Å². The van der Waals surface area contributed by atoms with Crippen molar-refractivity contribution >= 4 is 17.7 Å². The van der Waals surface area contributed by atoms with Crippen LogP contribution < -0.4 is 5.32 Å². The van der Waals surface area contributed by atoms with Gasteiger partial charge in [0.15, 0.2) is 0 Å². The maximum absolute atomic E-state index is 11.8. The fourth-order valence-corrected chi connectivity index (χ4v) is 3.14. The van der Waals surface area contributed by atoms with Gasteiger partial charge >= 0.3 is 6.09 Å². The fraction of sp³-hybridized carbons (Fsp3) is 0.750. The maximum Gasteiger partial charge on any atom is 0.407 e. The Bertz CT molecular complexity index is 565. The summed E-state index contributed by atoms with van der Waals surface area (Å²) in [5.74, 6) is 0. The van der Waals surface area contributed by atoms with Crippen LogP contribution in [0.15, 0.2) is 0 Å². The van der Waals surface area contributed by atoms with E-state index >= 15 is 0 Å². The third kappa shape index (κ3) is 4.85. The van der Waals surface area contributed by atoms with Crippen LogP contribution >= 0.6 is 11.6 Å². The van der Waals surface area contributed by atoms with Gasteiger partial charge in [-0.25, -0.2) is 4.79 Å². The normalized spacial score (nSPS) is 19.1. The zero-order valence-corrected chi connectivity index (χ0v) is 15.4. The van der Waals surface area contributed by atoms with Crippen molar-refractivity contribution in [2.75, 3.05) is 13.1 Å². The lowest BCUT2D eigenvalue weighted by Gasteiger charge is -2.26. The third-order valence-electron chi connectivity index (χ3n) is 4.01. The van der Waals surface area contributed by atoms with Gasteiger partial charge in [-0.3, -0.25) is 9.58 Å². The summed E-state index contributed by atoms with van der Waals surface area (Å²) in [5, 5.41) is 7.92. The van der Waals surface area contributed by atoms with Crippen molar-refractivity contribution in [2.45, 2.75) is 58.7 Å². The molecule has 0 radical (unpaired) electrons. The molecule has 1 saturated heterocycles. The molecule has 6 nitrogen and oxygen atoms in total. The number of ether oxygens (including phenoxy) is 1. The maximum atomic E-state index is 11.8. The number of alkyl carbamates (subject to hydrolysis) is 1. The number of aryl methyl sites for hydroxylation is 2. The van der Waals surface area contributed by atoms with E-state index in [0.717, 1.165) is 37.2 Å². The van der Waals surface area contributed by atoms with Crippen LogP contribution in [-0.4, -0.2) is 45.5 Å². The predicted molar refractivity (Wildman–Crippen MR) is 90.6 cm³/mol. The lowest BCUT2D eigenvalue weighted by Crippen LogP contribution is -2.41. The Morgan fingerprint density at radius 1 is 1.48 bits per heavy atom. The molecule has 2 heterocycles. The number of nitrogens with zero attached hydrogens (tertiary/aromatic N) is 3. The molecule has 1 aliphatic rings. The van der Waals surface area contributed by atoms with Crippen molar-refractivity contribution in [1.29, 1.82) is 0 Å². The smallest absolute Gasteiger partial charge is 0.407 e. The van der Waals surface area contributed by atoms with Crippen molar-refractivity contribution in [1.82, 2.24) is 20.0 Å². The third-order valence-corrected chi connectivity index (χ3v) is 4.48. The molecule has 1 atom stereocenters. The number of hydrogen-bond donors (Lipinski definition) is 1. The molecule has 2 rings (SSSR count). The summed E-state index contributed by atoms with van der Waals surface area (Å²) < 4.78 is 6.99. The van der Waals surface area contributed by atoms with Gasteiger partial charge < -0.3 is 10.1 Å². The van der Waals surface area contributed by atoms with Crippen molar-refractivity contribution < 1.29 is 9.53 Å². The van der Waals surface area contributed by atoms with Crippen LogP contribution in [0.3, 0.4) is 0 Å². The van der Waals surface area contributed by atoms with E-state index in [1.54, 1.807) is 4.68 Å². The van der Waals surface area contributed by atoms with E-state index in [9.17, 15) is 4.79 Å². The largest absolute Gasteiger partial charge is 0.444 e. The molecule has 0 aliphatic carbocycles. The number of hydrogen-bond acceptors (Lipinski definition) is 4. The van der Waals surface area contributed by atoms with Gasteiger partial charge in [-0.2, -0.15) is 5.10 Å². The predicted octanol–water partition coefficient (Wildman–Crippen LogP) is 2.87. The molecule has 0 aromatic carbocycles. The van der Waals surface area contributed by atoms with E-state index in [0.29, 0.717) is 17.7 Å². The minimum absolute atomic E-state index is 0.304. The molecule has 0 spiro atoms. The van der Waals surface area contributed by atoms with E-state index in [2.05, 4.69) is 15.3 Å². The number of aromatic nitrogens is 2. The monoisotopic (exact) mass is 342 g/mol. The zero-order valence-electron chi connectivity index (χ0n) is 14.6. The van der Waals surface area contributed by atoms with Gasteiger partial charge in [0.25, 0.3) is 0 Å². The van der Waals surface area contributed by atoms with Crippen molar-refractivity contribution in [2.24, 2.45) is 7.05 Å². The summed E-state index contributed by atoms with van der Waals surface area (Å²) in [4.78, 5) is 14.2. The summed E-state index contributed by atoms with van der Waals surface area (Å²) in [6.07, 6.45) is 1.82. The van der Waals surface area contributed by atoms with Gasteiger partial charge in [0.1, 0.15) is 10.8 Å². The average molecular weight is 343 g/mol. The Hall–Kier alpha value is -1.27. The number of halogens is 1. The number of amides is 1. The molecular formula is C16H27ClN4O2. The first kappa shape index (κ1) is 18.1. The molecule has 0 bridgehead atoms. The van der Waals surface area contributed by atoms with Crippen LogP contribution in [-0.2, 0) is 18.3 Å². The van der Waals surface area contributed by atoms with E-state index in [-0.39, 0.29) is 6.09 Å². The Kier molecular flexibility index (Phi) is 5.57.